The van der Waals surface area contributed by atoms with Crippen LogP contribution in [0.1, 0.15) is 32.0 Å². The van der Waals surface area contributed by atoms with Crippen molar-refractivity contribution in [3.8, 4) is 0 Å². The van der Waals surface area contributed by atoms with Gasteiger partial charge in [0.05, 0.1) is 12.8 Å². The fourth-order valence-corrected chi connectivity index (χ4v) is 4.02. The summed E-state index contributed by atoms with van der Waals surface area (Å²) in [4.78, 5) is 41.6. The SMILES string of the molecule is Cc1cccc(C)c1NC(=O)CN1CCN(C(=O)c2cccc(NC(=O)c3ccco3)c2)CC1. The number of furan rings is 1. The van der Waals surface area contributed by atoms with Gasteiger partial charge in [-0.25, -0.2) is 0 Å². The molecule has 1 fully saturated rings. The van der Waals surface area contributed by atoms with Gasteiger partial charge in [0, 0.05) is 43.1 Å². The first-order valence-electron chi connectivity index (χ1n) is 11.2. The van der Waals surface area contributed by atoms with Crippen molar-refractivity contribution >= 4 is 29.1 Å². The zero-order chi connectivity index (χ0) is 24.1. The molecule has 0 saturated carbocycles. The number of nitrogens with one attached hydrogen (secondary N) is 2. The minimum atomic E-state index is -0.373. The quantitative estimate of drug-likeness (QED) is 0.587. The van der Waals surface area contributed by atoms with Crippen molar-refractivity contribution in [1.82, 2.24) is 9.80 Å². The van der Waals surface area contributed by atoms with E-state index in [0.29, 0.717) is 37.4 Å². The second-order valence-electron chi connectivity index (χ2n) is 8.40. The van der Waals surface area contributed by atoms with Gasteiger partial charge >= 0.3 is 0 Å². The van der Waals surface area contributed by atoms with Crippen LogP contribution in [0.5, 0.6) is 0 Å². The highest BCUT2D eigenvalue weighted by Crippen LogP contribution is 2.20. The Bertz CT molecular complexity index is 1160. The number of hydrogen-bond donors (Lipinski definition) is 2. The predicted octanol–water partition coefficient (Wildman–Crippen LogP) is 3.55. The molecule has 0 radical (unpaired) electrons. The Morgan fingerprint density at radius 3 is 2.26 bits per heavy atom. The van der Waals surface area contributed by atoms with Gasteiger partial charge in [-0.1, -0.05) is 24.3 Å². The lowest BCUT2D eigenvalue weighted by molar-refractivity contribution is -0.117. The molecule has 8 nitrogen and oxygen atoms in total. The van der Waals surface area contributed by atoms with Crippen LogP contribution in [-0.4, -0.2) is 60.2 Å². The van der Waals surface area contributed by atoms with Crippen molar-refractivity contribution in [2.45, 2.75) is 13.8 Å². The summed E-state index contributed by atoms with van der Waals surface area (Å²) in [6, 6.07) is 16.0. The summed E-state index contributed by atoms with van der Waals surface area (Å²) >= 11 is 0. The zero-order valence-corrected chi connectivity index (χ0v) is 19.3. The van der Waals surface area contributed by atoms with Gasteiger partial charge in [0.2, 0.25) is 5.91 Å². The number of anilines is 2. The first-order chi connectivity index (χ1) is 16.4. The first kappa shape index (κ1) is 23.3. The van der Waals surface area contributed by atoms with Crippen LogP contribution in [0.2, 0.25) is 0 Å². The summed E-state index contributed by atoms with van der Waals surface area (Å²) in [5.41, 5.74) is 3.95. The monoisotopic (exact) mass is 460 g/mol. The molecule has 34 heavy (non-hydrogen) atoms. The van der Waals surface area contributed by atoms with Crippen LogP contribution >= 0.6 is 0 Å². The standard InChI is InChI=1S/C26H28N4O4/c1-18-6-3-7-19(2)24(18)28-23(31)17-29-11-13-30(14-12-29)26(33)20-8-4-9-21(16-20)27-25(32)22-10-5-15-34-22/h3-10,15-16H,11-14,17H2,1-2H3,(H,27,32)(H,28,31). The van der Waals surface area contributed by atoms with Gasteiger partial charge in [-0.05, 0) is 55.3 Å². The Morgan fingerprint density at radius 1 is 0.882 bits per heavy atom. The van der Waals surface area contributed by atoms with Gasteiger partial charge in [-0.3, -0.25) is 19.3 Å². The minimum absolute atomic E-state index is 0.0582. The molecule has 0 aliphatic carbocycles. The molecule has 2 heterocycles. The van der Waals surface area contributed by atoms with Crippen LogP contribution < -0.4 is 10.6 Å². The fourth-order valence-electron chi connectivity index (χ4n) is 4.02. The van der Waals surface area contributed by atoms with E-state index in [9.17, 15) is 14.4 Å². The van der Waals surface area contributed by atoms with Crippen molar-refractivity contribution in [3.05, 3.63) is 83.3 Å². The lowest BCUT2D eigenvalue weighted by atomic mass is 10.1. The van der Waals surface area contributed by atoms with Gasteiger partial charge in [0.15, 0.2) is 5.76 Å². The Hall–Kier alpha value is -3.91. The molecule has 2 N–H and O–H groups in total. The molecule has 176 valence electrons. The molecule has 0 unspecified atom stereocenters. The Labute approximate surface area is 198 Å². The van der Waals surface area contributed by atoms with E-state index in [1.165, 1.54) is 6.26 Å². The number of carbonyl (C=O) groups is 3. The number of hydrogen-bond acceptors (Lipinski definition) is 5. The van der Waals surface area contributed by atoms with Crippen LogP contribution in [0, 0.1) is 13.8 Å². The van der Waals surface area contributed by atoms with Crippen LogP contribution in [-0.2, 0) is 4.79 Å². The molecule has 1 aliphatic heterocycles. The second-order valence-corrected chi connectivity index (χ2v) is 8.40. The molecule has 2 aromatic carbocycles. The highest BCUT2D eigenvalue weighted by molar-refractivity contribution is 6.03. The van der Waals surface area contributed by atoms with Gasteiger partial charge in [-0.2, -0.15) is 0 Å². The summed E-state index contributed by atoms with van der Waals surface area (Å²) in [5, 5.41) is 5.76. The number of nitrogens with zero attached hydrogens (tertiary/aromatic N) is 2. The number of benzene rings is 2. The van der Waals surface area contributed by atoms with Crippen LogP contribution in [0.15, 0.2) is 65.3 Å². The van der Waals surface area contributed by atoms with Crippen molar-refractivity contribution < 1.29 is 18.8 Å². The van der Waals surface area contributed by atoms with Crippen LogP contribution in [0.25, 0.3) is 0 Å². The van der Waals surface area contributed by atoms with Crippen molar-refractivity contribution in [3.63, 3.8) is 0 Å². The topological polar surface area (TPSA) is 94.9 Å². The van der Waals surface area contributed by atoms with E-state index >= 15 is 0 Å². The zero-order valence-electron chi connectivity index (χ0n) is 19.3. The third-order valence-electron chi connectivity index (χ3n) is 5.88. The number of piperazine rings is 1. The average Bonchev–Trinajstić information content (AvgIpc) is 3.37. The van der Waals surface area contributed by atoms with Crippen LogP contribution in [0.3, 0.4) is 0 Å². The fraction of sp³-hybridized carbons (Fsp3) is 0.269. The Morgan fingerprint density at radius 2 is 1.59 bits per heavy atom. The molecule has 4 rings (SSSR count). The average molecular weight is 461 g/mol. The molecular formula is C26H28N4O4. The number of rotatable bonds is 6. The highest BCUT2D eigenvalue weighted by Gasteiger charge is 2.24. The molecule has 0 spiro atoms. The van der Waals surface area contributed by atoms with Crippen LogP contribution in [0.4, 0.5) is 11.4 Å². The van der Waals surface area contributed by atoms with E-state index in [1.54, 1.807) is 41.3 Å². The predicted molar refractivity (Wildman–Crippen MR) is 130 cm³/mol. The third kappa shape index (κ3) is 5.52. The van der Waals surface area contributed by atoms with E-state index in [1.807, 2.05) is 36.9 Å². The first-order valence-corrected chi connectivity index (χ1v) is 11.2. The lowest BCUT2D eigenvalue weighted by Crippen LogP contribution is -2.50. The Balaban J connectivity index is 1.29. The van der Waals surface area contributed by atoms with Gasteiger partial charge in [0.1, 0.15) is 0 Å². The van der Waals surface area contributed by atoms with E-state index < -0.39 is 0 Å². The van der Waals surface area contributed by atoms with Gasteiger partial charge < -0.3 is 20.0 Å². The molecule has 1 saturated heterocycles. The van der Waals surface area contributed by atoms with E-state index in [0.717, 1.165) is 16.8 Å². The van der Waals surface area contributed by atoms with E-state index in [4.69, 9.17) is 4.42 Å². The molecule has 1 aliphatic rings. The minimum Gasteiger partial charge on any atom is -0.459 e. The molecule has 0 bridgehead atoms. The molecule has 1 aromatic heterocycles. The van der Waals surface area contributed by atoms with Crippen molar-refractivity contribution in [2.75, 3.05) is 43.4 Å². The normalized spacial score (nSPS) is 14.0. The number of carbonyl (C=O) groups excluding carboxylic acids is 3. The van der Waals surface area contributed by atoms with Gasteiger partial charge in [0.25, 0.3) is 11.8 Å². The van der Waals surface area contributed by atoms with Crippen molar-refractivity contribution in [2.24, 2.45) is 0 Å². The maximum atomic E-state index is 13.0. The van der Waals surface area contributed by atoms with E-state index in [2.05, 4.69) is 10.6 Å². The maximum Gasteiger partial charge on any atom is 0.291 e. The Kier molecular flexibility index (Phi) is 7.08. The number of amides is 3. The van der Waals surface area contributed by atoms with E-state index in [-0.39, 0.29) is 30.0 Å². The maximum absolute atomic E-state index is 13.0. The summed E-state index contributed by atoms with van der Waals surface area (Å²) < 4.78 is 5.10. The highest BCUT2D eigenvalue weighted by atomic mass is 16.3. The molecule has 0 atom stereocenters. The number of aryl methyl sites for hydroxylation is 2. The molecule has 3 amide bonds. The van der Waals surface area contributed by atoms with Crippen molar-refractivity contribution in [1.29, 1.82) is 0 Å². The summed E-state index contributed by atoms with van der Waals surface area (Å²) in [7, 11) is 0. The summed E-state index contributed by atoms with van der Waals surface area (Å²) in [5.74, 6) is -0.331. The third-order valence-corrected chi connectivity index (χ3v) is 5.88. The molecule has 8 heteroatoms. The summed E-state index contributed by atoms with van der Waals surface area (Å²) in [6.45, 7) is 6.51. The lowest BCUT2D eigenvalue weighted by Gasteiger charge is -2.34. The second kappa shape index (κ2) is 10.4. The summed E-state index contributed by atoms with van der Waals surface area (Å²) in [6.07, 6.45) is 1.43. The smallest absolute Gasteiger partial charge is 0.291 e. The largest absolute Gasteiger partial charge is 0.459 e. The molecular weight excluding hydrogens is 432 g/mol. The number of para-hydroxylation sites is 1. The molecule has 3 aromatic rings. The van der Waals surface area contributed by atoms with Gasteiger partial charge in [-0.15, -0.1) is 0 Å².